The lowest BCUT2D eigenvalue weighted by Crippen LogP contribution is -2.28. The number of rotatable bonds is 5. The van der Waals surface area contributed by atoms with Gasteiger partial charge in [-0.05, 0) is 30.5 Å². The Kier molecular flexibility index (Phi) is 5.56. The van der Waals surface area contributed by atoms with Gasteiger partial charge in [0.1, 0.15) is 24.3 Å². The Balaban J connectivity index is 1.28. The lowest BCUT2D eigenvalue weighted by Gasteiger charge is -2.18. The van der Waals surface area contributed by atoms with Crippen molar-refractivity contribution >= 4 is 22.6 Å². The zero-order chi connectivity index (χ0) is 28.5. The van der Waals surface area contributed by atoms with Gasteiger partial charge in [0.05, 0.1) is 36.6 Å². The minimum absolute atomic E-state index is 0.0870. The van der Waals surface area contributed by atoms with Crippen molar-refractivity contribution in [3.05, 3.63) is 60.1 Å². The molecule has 2 aliphatic rings. The molecule has 208 valence electrons. The smallest absolute Gasteiger partial charge is 0.434 e. The van der Waals surface area contributed by atoms with Gasteiger partial charge in [0, 0.05) is 30.9 Å². The van der Waals surface area contributed by atoms with Crippen molar-refractivity contribution in [1.29, 1.82) is 0 Å². The van der Waals surface area contributed by atoms with E-state index in [-0.39, 0.29) is 24.8 Å². The summed E-state index contributed by atoms with van der Waals surface area (Å²) < 4.78 is 48.6. The van der Waals surface area contributed by atoms with Crippen molar-refractivity contribution in [2.24, 2.45) is 0 Å². The summed E-state index contributed by atoms with van der Waals surface area (Å²) in [5.74, 6) is 0.869. The number of aromatic nitrogens is 8. The first-order valence-corrected chi connectivity index (χ1v) is 12.8. The van der Waals surface area contributed by atoms with E-state index in [9.17, 15) is 18.0 Å². The Morgan fingerprint density at radius 2 is 1.93 bits per heavy atom. The molecule has 0 bridgehead atoms. The summed E-state index contributed by atoms with van der Waals surface area (Å²) in [6.07, 6.45) is 3.14. The van der Waals surface area contributed by atoms with Crippen LogP contribution in [0.4, 0.5) is 18.9 Å². The number of anilines is 1. The maximum absolute atomic E-state index is 13.4. The molecule has 0 spiro atoms. The number of imidazole rings is 1. The van der Waals surface area contributed by atoms with Gasteiger partial charge in [-0.15, -0.1) is 0 Å². The number of carbonyl (C=O) groups is 1. The van der Waals surface area contributed by atoms with Gasteiger partial charge >= 0.3 is 6.18 Å². The fourth-order valence-corrected chi connectivity index (χ4v) is 5.11. The molecule has 1 amide bonds. The number of amides is 1. The highest BCUT2D eigenvalue weighted by atomic mass is 19.4. The zero-order valence-corrected chi connectivity index (χ0v) is 21.9. The third-order valence-corrected chi connectivity index (χ3v) is 7.34. The number of likely N-dealkylation sites (N-methyl/N-ethyl adjacent to an activating group) is 1. The Hall–Kier alpha value is -4.88. The molecule has 11 nitrogen and oxygen atoms in total. The minimum Gasteiger partial charge on any atom is -0.480 e. The Morgan fingerprint density at radius 3 is 2.68 bits per heavy atom. The van der Waals surface area contributed by atoms with Crippen LogP contribution in [0.3, 0.4) is 0 Å². The van der Waals surface area contributed by atoms with Crippen LogP contribution in [0.25, 0.3) is 33.8 Å². The second kappa shape index (κ2) is 9.08. The number of nitrogens with zero attached hydrogens (tertiary/aromatic N) is 9. The normalized spacial score (nSPS) is 15.1. The molecule has 4 aromatic heterocycles. The van der Waals surface area contributed by atoms with Crippen LogP contribution in [0.15, 0.2) is 43.1 Å². The Morgan fingerprint density at radius 1 is 1.10 bits per heavy atom. The fraction of sp³-hybridized carbons (Fsp3) is 0.296. The molecule has 0 unspecified atom stereocenters. The highest BCUT2D eigenvalue weighted by Gasteiger charge is 2.37. The fourth-order valence-electron chi connectivity index (χ4n) is 5.11. The van der Waals surface area contributed by atoms with Gasteiger partial charge < -0.3 is 14.2 Å². The molecule has 1 saturated carbocycles. The van der Waals surface area contributed by atoms with E-state index >= 15 is 0 Å². The van der Waals surface area contributed by atoms with E-state index in [1.165, 1.54) is 15.8 Å². The van der Waals surface area contributed by atoms with E-state index in [4.69, 9.17) is 9.72 Å². The average Bonchev–Trinajstić information content (AvgIpc) is 3.63. The third kappa shape index (κ3) is 4.26. The largest absolute Gasteiger partial charge is 0.480 e. The van der Waals surface area contributed by atoms with Crippen LogP contribution in [0.1, 0.15) is 35.7 Å². The summed E-state index contributed by atoms with van der Waals surface area (Å²) in [7, 11) is 3.14. The maximum Gasteiger partial charge on any atom is 0.434 e. The van der Waals surface area contributed by atoms with Gasteiger partial charge in [0.2, 0.25) is 11.8 Å². The second-order valence-electron chi connectivity index (χ2n) is 10.1. The van der Waals surface area contributed by atoms with E-state index < -0.39 is 11.9 Å². The van der Waals surface area contributed by atoms with Gasteiger partial charge in [-0.25, -0.2) is 29.6 Å². The molecule has 0 N–H and O–H groups in total. The topological polar surface area (TPSA) is 117 Å². The monoisotopic (exact) mass is 561 g/mol. The molecule has 41 heavy (non-hydrogen) atoms. The van der Waals surface area contributed by atoms with Crippen LogP contribution < -0.4 is 9.64 Å². The van der Waals surface area contributed by atoms with Crippen molar-refractivity contribution in [1.82, 2.24) is 39.3 Å². The molecule has 0 atom stereocenters. The van der Waals surface area contributed by atoms with Crippen LogP contribution in [0.2, 0.25) is 0 Å². The molecular weight excluding hydrogens is 539 g/mol. The van der Waals surface area contributed by atoms with E-state index in [1.54, 1.807) is 49.4 Å². The van der Waals surface area contributed by atoms with Crippen LogP contribution in [0, 0.1) is 0 Å². The van der Waals surface area contributed by atoms with Crippen LogP contribution >= 0.6 is 0 Å². The first kappa shape index (κ1) is 25.1. The SMILES string of the molecule is COc1ncnc(C2CC2)c1-c1ncc2cnn(Cc3ccc4c(c3)N(C)C(=O)Cn3cc(C(F)(F)F)nc3-4)c2n1. The summed E-state index contributed by atoms with van der Waals surface area (Å²) in [4.78, 5) is 36.2. The molecular formula is C27H22F3N9O2. The molecule has 14 heteroatoms. The summed E-state index contributed by atoms with van der Waals surface area (Å²) in [6.45, 7) is 0.0351. The predicted octanol–water partition coefficient (Wildman–Crippen LogP) is 4.08. The Labute approximate surface area is 230 Å². The molecule has 1 fully saturated rings. The number of methoxy groups -OCH3 is 1. The number of carbonyl (C=O) groups excluding carboxylic acids is 1. The number of alkyl halides is 3. The maximum atomic E-state index is 13.4. The molecule has 1 aromatic carbocycles. The molecule has 1 aliphatic carbocycles. The van der Waals surface area contributed by atoms with E-state index in [1.807, 2.05) is 0 Å². The van der Waals surface area contributed by atoms with Crippen LogP contribution in [-0.4, -0.2) is 59.3 Å². The minimum atomic E-state index is -4.62. The number of benzene rings is 1. The number of ether oxygens (including phenoxy) is 1. The number of hydrogen-bond acceptors (Lipinski definition) is 8. The lowest BCUT2D eigenvalue weighted by atomic mass is 10.1. The predicted molar refractivity (Wildman–Crippen MR) is 140 cm³/mol. The number of halogens is 3. The average molecular weight is 562 g/mol. The van der Waals surface area contributed by atoms with E-state index in [2.05, 4.69) is 25.0 Å². The van der Waals surface area contributed by atoms with Gasteiger partial charge in [-0.2, -0.15) is 18.3 Å². The summed E-state index contributed by atoms with van der Waals surface area (Å²) in [5.41, 5.74) is 2.70. The second-order valence-corrected chi connectivity index (χ2v) is 10.1. The summed E-state index contributed by atoms with van der Waals surface area (Å²) in [6, 6.07) is 5.22. The molecule has 1 aliphatic heterocycles. The molecule has 0 saturated heterocycles. The first-order valence-electron chi connectivity index (χ1n) is 12.8. The Bertz CT molecular complexity index is 1840. The van der Waals surface area contributed by atoms with Crippen LogP contribution in [-0.2, 0) is 24.1 Å². The zero-order valence-electron chi connectivity index (χ0n) is 21.9. The molecule has 5 aromatic rings. The highest BCUT2D eigenvalue weighted by Crippen LogP contribution is 2.45. The molecule has 0 radical (unpaired) electrons. The first-order chi connectivity index (χ1) is 19.7. The van der Waals surface area contributed by atoms with Gasteiger partial charge in [-0.1, -0.05) is 6.07 Å². The van der Waals surface area contributed by atoms with Gasteiger partial charge in [-0.3, -0.25) is 4.79 Å². The van der Waals surface area contributed by atoms with Gasteiger partial charge in [0.25, 0.3) is 0 Å². The third-order valence-electron chi connectivity index (χ3n) is 7.34. The van der Waals surface area contributed by atoms with Crippen molar-refractivity contribution in [3.63, 3.8) is 0 Å². The number of hydrogen-bond donors (Lipinski definition) is 0. The molecule has 7 rings (SSSR count). The van der Waals surface area contributed by atoms with E-state index in [0.717, 1.165) is 35.7 Å². The summed E-state index contributed by atoms with van der Waals surface area (Å²) in [5, 5.41) is 5.22. The lowest BCUT2D eigenvalue weighted by molar-refractivity contribution is -0.141. The molecule has 5 heterocycles. The van der Waals surface area contributed by atoms with Crippen molar-refractivity contribution in [2.75, 3.05) is 19.1 Å². The highest BCUT2D eigenvalue weighted by molar-refractivity contribution is 5.98. The van der Waals surface area contributed by atoms with E-state index in [0.29, 0.717) is 40.1 Å². The summed E-state index contributed by atoms with van der Waals surface area (Å²) >= 11 is 0. The quantitative estimate of drug-likeness (QED) is 0.315. The standard InChI is InChI=1S/C27H22F3N9O2/c1-37-18-7-14(3-6-17(18)25-35-19(27(28,29)30)11-38(25)12-20(37)40)10-39-24-16(9-34-39)8-31-23(36-24)21-22(15-4-5-15)32-13-33-26(21)41-2/h3,6-9,11,13,15H,4-5,10,12H2,1-2H3. The van der Waals surface area contributed by atoms with Crippen molar-refractivity contribution < 1.29 is 22.7 Å². The van der Waals surface area contributed by atoms with Gasteiger partial charge in [0.15, 0.2) is 17.2 Å². The van der Waals surface area contributed by atoms with Crippen LogP contribution in [0.5, 0.6) is 5.88 Å². The number of fused-ring (bicyclic) bond motifs is 4. The van der Waals surface area contributed by atoms with Crippen molar-refractivity contribution in [2.45, 2.75) is 38.0 Å². The van der Waals surface area contributed by atoms with Crippen molar-refractivity contribution in [3.8, 4) is 28.7 Å².